The second kappa shape index (κ2) is 10.1. The molecule has 0 aliphatic carbocycles. The van der Waals surface area contributed by atoms with Crippen LogP contribution >= 0.6 is 0 Å². The number of anilines is 1. The fourth-order valence-corrected chi connectivity index (χ4v) is 2.87. The van der Waals surface area contributed by atoms with Crippen LogP contribution in [0.25, 0.3) is 0 Å². The monoisotopic (exact) mass is 405 g/mol. The van der Waals surface area contributed by atoms with Crippen molar-refractivity contribution in [3.63, 3.8) is 0 Å². The Morgan fingerprint density at radius 2 is 1.57 bits per heavy atom. The van der Waals surface area contributed by atoms with Gasteiger partial charge in [-0.15, -0.1) is 0 Å². The SMILES string of the molecule is CCOc1ccccc1NC(=O)[C@@H](Oc1ccc(C(=O)OC)cc1)c1ccccc1. The first-order valence-corrected chi connectivity index (χ1v) is 9.55. The zero-order valence-electron chi connectivity index (χ0n) is 16.8. The Hall–Kier alpha value is -3.80. The smallest absolute Gasteiger partial charge is 0.337 e. The maximum Gasteiger partial charge on any atom is 0.337 e. The second-order valence-corrected chi connectivity index (χ2v) is 6.34. The largest absolute Gasteiger partial charge is 0.492 e. The van der Waals surface area contributed by atoms with E-state index < -0.39 is 12.1 Å². The van der Waals surface area contributed by atoms with Gasteiger partial charge in [0.25, 0.3) is 5.91 Å². The van der Waals surface area contributed by atoms with Crippen molar-refractivity contribution in [2.24, 2.45) is 0 Å². The predicted octanol–water partition coefficient (Wildman–Crippen LogP) is 4.63. The number of benzene rings is 3. The summed E-state index contributed by atoms with van der Waals surface area (Å²) in [5, 5.41) is 2.89. The average molecular weight is 405 g/mol. The molecule has 3 aromatic rings. The van der Waals surface area contributed by atoms with Crippen molar-refractivity contribution in [1.82, 2.24) is 0 Å². The van der Waals surface area contributed by atoms with Gasteiger partial charge in [-0.1, -0.05) is 42.5 Å². The highest BCUT2D eigenvalue weighted by molar-refractivity contribution is 5.96. The summed E-state index contributed by atoms with van der Waals surface area (Å²) in [5.41, 5.74) is 1.66. The molecule has 30 heavy (non-hydrogen) atoms. The maximum atomic E-state index is 13.1. The number of carbonyl (C=O) groups is 2. The molecule has 1 atom stereocenters. The van der Waals surface area contributed by atoms with Crippen molar-refractivity contribution in [2.45, 2.75) is 13.0 Å². The third kappa shape index (κ3) is 5.17. The van der Waals surface area contributed by atoms with Gasteiger partial charge in [0.2, 0.25) is 6.10 Å². The number of methoxy groups -OCH3 is 1. The third-order valence-electron chi connectivity index (χ3n) is 4.31. The lowest BCUT2D eigenvalue weighted by atomic mass is 10.1. The first-order valence-electron chi connectivity index (χ1n) is 9.55. The first kappa shape index (κ1) is 20.9. The molecule has 0 radical (unpaired) electrons. The molecular weight excluding hydrogens is 382 g/mol. The molecule has 154 valence electrons. The molecule has 0 heterocycles. The molecule has 3 aromatic carbocycles. The van der Waals surface area contributed by atoms with Crippen LogP contribution in [-0.2, 0) is 9.53 Å². The molecule has 0 aliphatic heterocycles. The normalized spacial score (nSPS) is 11.3. The number of hydrogen-bond donors (Lipinski definition) is 1. The van der Waals surface area contributed by atoms with Crippen LogP contribution in [0, 0.1) is 0 Å². The van der Waals surface area contributed by atoms with Crippen LogP contribution in [0.4, 0.5) is 5.69 Å². The van der Waals surface area contributed by atoms with E-state index in [0.29, 0.717) is 34.9 Å². The number of hydrogen-bond acceptors (Lipinski definition) is 5. The minimum absolute atomic E-state index is 0.342. The van der Waals surface area contributed by atoms with Crippen molar-refractivity contribution in [1.29, 1.82) is 0 Å². The van der Waals surface area contributed by atoms with Gasteiger partial charge in [-0.3, -0.25) is 4.79 Å². The summed E-state index contributed by atoms with van der Waals surface area (Å²) in [7, 11) is 1.32. The number of ether oxygens (including phenoxy) is 3. The van der Waals surface area contributed by atoms with Gasteiger partial charge >= 0.3 is 5.97 Å². The van der Waals surface area contributed by atoms with Crippen LogP contribution in [0.5, 0.6) is 11.5 Å². The summed E-state index contributed by atoms with van der Waals surface area (Å²) in [6, 6.07) is 22.9. The van der Waals surface area contributed by atoms with E-state index in [1.54, 1.807) is 36.4 Å². The zero-order chi connectivity index (χ0) is 21.3. The second-order valence-electron chi connectivity index (χ2n) is 6.34. The molecule has 0 aliphatic rings. The summed E-state index contributed by atoms with van der Waals surface area (Å²) in [4.78, 5) is 24.8. The number of esters is 1. The van der Waals surface area contributed by atoms with Crippen molar-refractivity contribution < 1.29 is 23.8 Å². The highest BCUT2D eigenvalue weighted by Gasteiger charge is 2.24. The maximum absolute atomic E-state index is 13.1. The van der Waals surface area contributed by atoms with Crippen LogP contribution in [-0.4, -0.2) is 25.6 Å². The minimum Gasteiger partial charge on any atom is -0.492 e. The number of para-hydroxylation sites is 2. The van der Waals surface area contributed by atoms with Gasteiger partial charge in [-0.2, -0.15) is 0 Å². The lowest BCUT2D eigenvalue weighted by molar-refractivity contribution is -0.123. The Morgan fingerprint density at radius 1 is 0.900 bits per heavy atom. The van der Waals surface area contributed by atoms with Gasteiger partial charge in [0.05, 0.1) is 25.0 Å². The van der Waals surface area contributed by atoms with Crippen LogP contribution in [0.2, 0.25) is 0 Å². The standard InChI is InChI=1S/C24H23NO5/c1-3-29-21-12-8-7-11-20(21)25-23(26)22(17-9-5-4-6-10-17)30-19-15-13-18(14-16-19)24(27)28-2/h4-16,22H,3H2,1-2H3,(H,25,26)/t22-/m0/s1. The molecule has 6 nitrogen and oxygen atoms in total. The Labute approximate surface area is 175 Å². The van der Waals surface area contributed by atoms with Gasteiger partial charge in [0, 0.05) is 5.56 Å². The average Bonchev–Trinajstić information content (AvgIpc) is 2.79. The lowest BCUT2D eigenvalue weighted by Gasteiger charge is -2.20. The lowest BCUT2D eigenvalue weighted by Crippen LogP contribution is -2.26. The zero-order valence-corrected chi connectivity index (χ0v) is 16.8. The fourth-order valence-electron chi connectivity index (χ4n) is 2.87. The summed E-state index contributed by atoms with van der Waals surface area (Å²) < 4.78 is 16.3. The predicted molar refractivity (Wildman–Crippen MR) is 114 cm³/mol. The van der Waals surface area contributed by atoms with Gasteiger partial charge < -0.3 is 19.5 Å². The van der Waals surface area contributed by atoms with Gasteiger partial charge in [-0.25, -0.2) is 4.79 Å². The molecular formula is C24H23NO5. The van der Waals surface area contributed by atoms with Gasteiger partial charge in [0.1, 0.15) is 11.5 Å². The number of nitrogens with one attached hydrogen (secondary N) is 1. The van der Waals surface area contributed by atoms with E-state index in [1.807, 2.05) is 49.4 Å². The Kier molecular flexibility index (Phi) is 7.05. The van der Waals surface area contributed by atoms with Crippen LogP contribution in [0.15, 0.2) is 78.9 Å². The molecule has 0 spiro atoms. The minimum atomic E-state index is -0.898. The van der Waals surface area contributed by atoms with E-state index in [-0.39, 0.29) is 5.91 Å². The Morgan fingerprint density at radius 3 is 2.23 bits per heavy atom. The quantitative estimate of drug-likeness (QED) is 0.553. The van der Waals surface area contributed by atoms with Crippen LogP contribution < -0.4 is 14.8 Å². The van der Waals surface area contributed by atoms with E-state index >= 15 is 0 Å². The molecule has 0 unspecified atom stereocenters. The highest BCUT2D eigenvalue weighted by atomic mass is 16.5. The van der Waals surface area contributed by atoms with Gasteiger partial charge in [-0.05, 0) is 43.3 Å². The van der Waals surface area contributed by atoms with Crippen molar-refractivity contribution in [2.75, 3.05) is 19.0 Å². The van der Waals surface area contributed by atoms with Gasteiger partial charge in [0.15, 0.2) is 0 Å². The molecule has 3 rings (SSSR count). The molecule has 1 N–H and O–H groups in total. The molecule has 0 bridgehead atoms. The van der Waals surface area contributed by atoms with Crippen LogP contribution in [0.1, 0.15) is 28.9 Å². The van der Waals surface area contributed by atoms with E-state index in [2.05, 4.69) is 5.32 Å². The first-order chi connectivity index (χ1) is 14.6. The fraction of sp³-hybridized carbons (Fsp3) is 0.167. The molecule has 0 aromatic heterocycles. The van der Waals surface area contributed by atoms with Crippen molar-refractivity contribution in [3.8, 4) is 11.5 Å². The topological polar surface area (TPSA) is 73.9 Å². The molecule has 0 fully saturated rings. The molecule has 6 heteroatoms. The van der Waals surface area contributed by atoms with E-state index in [0.717, 1.165) is 0 Å². The highest BCUT2D eigenvalue weighted by Crippen LogP contribution is 2.28. The summed E-state index contributed by atoms with van der Waals surface area (Å²) >= 11 is 0. The van der Waals surface area contributed by atoms with E-state index in [1.165, 1.54) is 7.11 Å². The summed E-state index contributed by atoms with van der Waals surface area (Å²) in [6.45, 7) is 2.37. The third-order valence-corrected chi connectivity index (χ3v) is 4.31. The van der Waals surface area contributed by atoms with E-state index in [4.69, 9.17) is 14.2 Å². The number of amides is 1. The van der Waals surface area contributed by atoms with E-state index in [9.17, 15) is 9.59 Å². The molecule has 0 saturated heterocycles. The van der Waals surface area contributed by atoms with Crippen LogP contribution in [0.3, 0.4) is 0 Å². The Bertz CT molecular complexity index is 986. The number of rotatable bonds is 8. The Balaban J connectivity index is 1.85. The summed E-state index contributed by atoms with van der Waals surface area (Å²) in [5.74, 6) is 0.254. The summed E-state index contributed by atoms with van der Waals surface area (Å²) in [6.07, 6.45) is -0.898. The van der Waals surface area contributed by atoms with Crippen molar-refractivity contribution in [3.05, 3.63) is 90.0 Å². The molecule has 1 amide bonds. The van der Waals surface area contributed by atoms with Crippen molar-refractivity contribution >= 4 is 17.6 Å². The molecule has 0 saturated carbocycles. The number of carbonyl (C=O) groups excluding carboxylic acids is 2.